The number of hydrogen-bond acceptors (Lipinski definition) is 2. The van der Waals surface area contributed by atoms with E-state index in [2.05, 4.69) is 0 Å². The highest BCUT2D eigenvalue weighted by Gasteiger charge is 2.40. The van der Waals surface area contributed by atoms with Crippen LogP contribution in [0.1, 0.15) is 12.8 Å². The fourth-order valence-electron chi connectivity index (χ4n) is 1.58. The summed E-state index contributed by atoms with van der Waals surface area (Å²) in [4.78, 5) is 11.6. The molecule has 2 unspecified atom stereocenters. The first-order valence-corrected chi connectivity index (χ1v) is 6.57. The van der Waals surface area contributed by atoms with Gasteiger partial charge in [0.05, 0.1) is 10.8 Å². The van der Waals surface area contributed by atoms with Crippen LogP contribution in [0, 0.1) is 5.92 Å². The topological polar surface area (TPSA) is 54.4 Å². The normalized spacial score (nSPS) is 19.1. The number of carbonyl (C=O) groups is 1. The molecule has 0 amide bonds. The number of halogens is 1. The number of aliphatic carboxylic acids is 1. The van der Waals surface area contributed by atoms with Crippen LogP contribution in [0.3, 0.4) is 0 Å². The fourth-order valence-corrected chi connectivity index (χ4v) is 3.21. The molecule has 2 rings (SSSR count). The molecule has 1 fully saturated rings. The van der Waals surface area contributed by atoms with Crippen molar-refractivity contribution in [2.45, 2.75) is 23.0 Å². The van der Waals surface area contributed by atoms with E-state index >= 15 is 0 Å². The molecule has 2 atom stereocenters. The van der Waals surface area contributed by atoms with Crippen molar-refractivity contribution in [1.82, 2.24) is 0 Å². The molecule has 86 valence electrons. The minimum Gasteiger partial charge on any atom is -0.480 e. The van der Waals surface area contributed by atoms with Crippen molar-refractivity contribution in [2.24, 2.45) is 5.92 Å². The largest absolute Gasteiger partial charge is 0.480 e. The van der Waals surface area contributed by atoms with Crippen molar-refractivity contribution < 1.29 is 14.1 Å². The third kappa shape index (κ3) is 2.44. The minimum atomic E-state index is -1.49. The van der Waals surface area contributed by atoms with E-state index in [0.717, 1.165) is 12.8 Å². The van der Waals surface area contributed by atoms with Crippen molar-refractivity contribution in [3.8, 4) is 0 Å². The van der Waals surface area contributed by atoms with Gasteiger partial charge in [-0.2, -0.15) is 0 Å². The number of carboxylic acid groups (broad SMARTS) is 1. The fraction of sp³-hybridized carbons (Fsp3) is 0.364. The van der Waals surface area contributed by atoms with Crippen LogP contribution < -0.4 is 0 Å². The van der Waals surface area contributed by atoms with Crippen LogP contribution in [0.5, 0.6) is 0 Å². The maximum absolute atomic E-state index is 12.1. The SMILES string of the molecule is O=C(O)C(C1CC1)S(=O)c1ccc(Cl)cc1. The van der Waals surface area contributed by atoms with Gasteiger partial charge in [0.25, 0.3) is 0 Å². The lowest BCUT2D eigenvalue weighted by Gasteiger charge is -2.10. The first kappa shape index (κ1) is 11.6. The van der Waals surface area contributed by atoms with Gasteiger partial charge >= 0.3 is 5.97 Å². The summed E-state index contributed by atoms with van der Waals surface area (Å²) in [6, 6.07) is 6.49. The Bertz CT molecular complexity index is 425. The van der Waals surface area contributed by atoms with Gasteiger partial charge in [-0.25, -0.2) is 0 Å². The lowest BCUT2D eigenvalue weighted by Crippen LogP contribution is -2.27. The summed E-state index contributed by atoms with van der Waals surface area (Å²) >= 11 is 5.72. The standard InChI is InChI=1S/C11H11ClO3S/c12-8-3-5-9(6-4-8)16(15)10(11(13)14)7-1-2-7/h3-7,10H,1-2H2,(H,13,14). The maximum Gasteiger partial charge on any atom is 0.319 e. The molecule has 1 saturated carbocycles. The molecule has 0 spiro atoms. The van der Waals surface area contributed by atoms with Gasteiger partial charge in [0, 0.05) is 9.92 Å². The van der Waals surface area contributed by atoms with Crippen LogP contribution in [0.15, 0.2) is 29.2 Å². The molecular formula is C11H11ClO3S. The van der Waals surface area contributed by atoms with Crippen molar-refractivity contribution >= 4 is 28.4 Å². The Hall–Kier alpha value is -0.870. The first-order chi connectivity index (χ1) is 7.59. The van der Waals surface area contributed by atoms with E-state index in [1.54, 1.807) is 24.3 Å². The highest BCUT2D eigenvalue weighted by atomic mass is 35.5. The number of benzene rings is 1. The zero-order valence-corrected chi connectivity index (χ0v) is 10.0. The minimum absolute atomic E-state index is 0.0639. The summed E-state index contributed by atoms with van der Waals surface area (Å²) in [5.74, 6) is -0.912. The molecule has 16 heavy (non-hydrogen) atoms. The quantitative estimate of drug-likeness (QED) is 0.902. The highest BCUT2D eigenvalue weighted by molar-refractivity contribution is 7.86. The molecule has 1 aromatic carbocycles. The Morgan fingerprint density at radius 2 is 1.94 bits per heavy atom. The van der Waals surface area contributed by atoms with E-state index < -0.39 is 22.0 Å². The predicted octanol–water partition coefficient (Wildman–Crippen LogP) is 2.31. The molecule has 0 aliphatic heterocycles. The lowest BCUT2D eigenvalue weighted by atomic mass is 10.3. The molecule has 1 N–H and O–H groups in total. The van der Waals surface area contributed by atoms with Crippen LogP contribution >= 0.6 is 11.6 Å². The van der Waals surface area contributed by atoms with E-state index in [1.807, 2.05) is 0 Å². The maximum atomic E-state index is 12.1. The van der Waals surface area contributed by atoms with Gasteiger partial charge in [-0.3, -0.25) is 9.00 Å². The third-order valence-electron chi connectivity index (χ3n) is 2.57. The second kappa shape index (κ2) is 4.55. The van der Waals surface area contributed by atoms with E-state index in [-0.39, 0.29) is 5.92 Å². The summed E-state index contributed by atoms with van der Waals surface area (Å²) < 4.78 is 12.1. The van der Waals surface area contributed by atoms with Gasteiger partial charge in [-0.15, -0.1) is 0 Å². The lowest BCUT2D eigenvalue weighted by molar-refractivity contribution is -0.136. The Balaban J connectivity index is 2.22. The van der Waals surface area contributed by atoms with Crippen LogP contribution in [-0.4, -0.2) is 20.5 Å². The van der Waals surface area contributed by atoms with Crippen molar-refractivity contribution in [3.63, 3.8) is 0 Å². The van der Waals surface area contributed by atoms with Gasteiger partial charge < -0.3 is 5.11 Å². The summed E-state index contributed by atoms with van der Waals surface area (Å²) in [5.41, 5.74) is 0. The molecule has 5 heteroatoms. The Morgan fingerprint density at radius 3 is 2.38 bits per heavy atom. The zero-order chi connectivity index (χ0) is 11.7. The van der Waals surface area contributed by atoms with Crippen LogP contribution in [0.2, 0.25) is 5.02 Å². The van der Waals surface area contributed by atoms with Crippen LogP contribution in [-0.2, 0) is 15.6 Å². The molecule has 1 aromatic rings. The second-order valence-electron chi connectivity index (χ2n) is 3.85. The van der Waals surface area contributed by atoms with Crippen molar-refractivity contribution in [3.05, 3.63) is 29.3 Å². The van der Waals surface area contributed by atoms with Crippen LogP contribution in [0.25, 0.3) is 0 Å². The van der Waals surface area contributed by atoms with E-state index in [0.29, 0.717) is 9.92 Å². The molecule has 3 nitrogen and oxygen atoms in total. The monoisotopic (exact) mass is 258 g/mol. The van der Waals surface area contributed by atoms with Gasteiger partial charge in [0.15, 0.2) is 0 Å². The predicted molar refractivity (Wildman–Crippen MR) is 62.0 cm³/mol. The van der Waals surface area contributed by atoms with Crippen molar-refractivity contribution in [1.29, 1.82) is 0 Å². The van der Waals surface area contributed by atoms with Gasteiger partial charge in [0.2, 0.25) is 0 Å². The summed E-state index contributed by atoms with van der Waals surface area (Å²) in [5, 5.41) is 8.83. The molecule has 1 aliphatic rings. The highest BCUT2D eigenvalue weighted by Crippen LogP contribution is 2.37. The molecule has 0 aromatic heterocycles. The first-order valence-electron chi connectivity index (χ1n) is 4.98. The summed E-state index contributed by atoms with van der Waals surface area (Å²) in [7, 11) is -1.49. The average molecular weight is 259 g/mol. The molecule has 1 aliphatic carbocycles. The summed E-state index contributed by atoms with van der Waals surface area (Å²) in [6.07, 6.45) is 1.71. The molecule has 0 heterocycles. The summed E-state index contributed by atoms with van der Waals surface area (Å²) in [6.45, 7) is 0. The van der Waals surface area contributed by atoms with E-state index in [9.17, 15) is 9.00 Å². The molecule has 0 bridgehead atoms. The molecule has 0 saturated heterocycles. The van der Waals surface area contributed by atoms with Gasteiger partial charge in [-0.05, 0) is 43.0 Å². The van der Waals surface area contributed by atoms with E-state index in [1.165, 1.54) is 0 Å². The number of hydrogen-bond donors (Lipinski definition) is 1. The average Bonchev–Trinajstić information content (AvgIpc) is 3.02. The Kier molecular flexibility index (Phi) is 3.30. The molecular weight excluding hydrogens is 248 g/mol. The second-order valence-corrected chi connectivity index (χ2v) is 5.86. The number of carboxylic acids is 1. The smallest absolute Gasteiger partial charge is 0.319 e. The Morgan fingerprint density at radius 1 is 1.38 bits per heavy atom. The third-order valence-corrected chi connectivity index (χ3v) is 4.61. The van der Waals surface area contributed by atoms with E-state index in [4.69, 9.17) is 16.7 Å². The zero-order valence-electron chi connectivity index (χ0n) is 8.43. The van der Waals surface area contributed by atoms with Crippen molar-refractivity contribution in [2.75, 3.05) is 0 Å². The van der Waals surface area contributed by atoms with Crippen LogP contribution in [0.4, 0.5) is 0 Å². The molecule has 0 radical (unpaired) electrons. The number of rotatable bonds is 4. The van der Waals surface area contributed by atoms with Gasteiger partial charge in [-0.1, -0.05) is 11.6 Å². The Labute approximate surface area is 101 Å². The van der Waals surface area contributed by atoms with Gasteiger partial charge in [0.1, 0.15) is 5.25 Å².